The average Bonchev–Trinajstić information content (AvgIpc) is 3.21. The van der Waals surface area contributed by atoms with Gasteiger partial charge in [0.25, 0.3) is 5.56 Å². The first-order chi connectivity index (χ1) is 14.3. The SMILES string of the molecule is CC(C)(C)c1cc(=O)n2c(n1)SC[C@H](C(=O)NCc1nc(-c3ccccc3)no1)C2. The minimum atomic E-state index is -0.334. The number of nitrogens with one attached hydrogen (secondary N) is 1. The molecule has 1 aromatic carbocycles. The number of nitrogens with zero attached hydrogens (tertiary/aromatic N) is 4. The Balaban J connectivity index is 1.40. The first-order valence-electron chi connectivity index (χ1n) is 9.72. The fourth-order valence-corrected chi connectivity index (χ4v) is 4.18. The van der Waals surface area contributed by atoms with Gasteiger partial charge in [0.05, 0.1) is 18.2 Å². The molecule has 4 rings (SSSR count). The molecule has 8 nitrogen and oxygen atoms in total. The lowest BCUT2D eigenvalue weighted by molar-refractivity contribution is -0.125. The molecule has 1 atom stereocenters. The van der Waals surface area contributed by atoms with Crippen molar-refractivity contribution in [3.8, 4) is 11.4 Å². The third-order valence-electron chi connectivity index (χ3n) is 4.84. The zero-order chi connectivity index (χ0) is 21.3. The fourth-order valence-electron chi connectivity index (χ4n) is 3.09. The maximum absolute atomic E-state index is 12.6. The van der Waals surface area contributed by atoms with Crippen LogP contribution < -0.4 is 10.9 Å². The molecule has 3 aromatic rings. The van der Waals surface area contributed by atoms with E-state index >= 15 is 0 Å². The Hall–Kier alpha value is -2.94. The highest BCUT2D eigenvalue weighted by Gasteiger charge is 2.28. The van der Waals surface area contributed by atoms with Crippen LogP contribution in [0.15, 0.2) is 50.9 Å². The Bertz CT molecular complexity index is 1120. The molecule has 1 aliphatic heterocycles. The van der Waals surface area contributed by atoms with Crippen molar-refractivity contribution in [2.75, 3.05) is 5.75 Å². The van der Waals surface area contributed by atoms with Crippen LogP contribution in [0.25, 0.3) is 11.4 Å². The number of carbonyl (C=O) groups is 1. The van der Waals surface area contributed by atoms with Crippen LogP contribution >= 0.6 is 11.8 Å². The summed E-state index contributed by atoms with van der Waals surface area (Å²) in [6.07, 6.45) is 0. The highest BCUT2D eigenvalue weighted by molar-refractivity contribution is 7.99. The smallest absolute Gasteiger partial charge is 0.254 e. The summed E-state index contributed by atoms with van der Waals surface area (Å²) >= 11 is 1.43. The number of hydrogen-bond acceptors (Lipinski definition) is 7. The van der Waals surface area contributed by atoms with E-state index in [-0.39, 0.29) is 29.3 Å². The van der Waals surface area contributed by atoms with Crippen LogP contribution in [0.3, 0.4) is 0 Å². The molecule has 0 saturated heterocycles. The van der Waals surface area contributed by atoms with Gasteiger partial charge in [-0.25, -0.2) is 4.98 Å². The number of hydrogen-bond donors (Lipinski definition) is 1. The number of aromatic nitrogens is 4. The molecule has 3 heterocycles. The predicted molar refractivity (Wildman–Crippen MR) is 113 cm³/mol. The number of benzene rings is 1. The van der Waals surface area contributed by atoms with Gasteiger partial charge in [0.15, 0.2) is 5.16 Å². The van der Waals surface area contributed by atoms with Crippen molar-refractivity contribution in [2.45, 2.75) is 44.4 Å². The molecular weight excluding hydrogens is 402 g/mol. The van der Waals surface area contributed by atoms with Crippen molar-refractivity contribution in [2.24, 2.45) is 5.92 Å². The summed E-state index contributed by atoms with van der Waals surface area (Å²) < 4.78 is 6.81. The number of amides is 1. The number of rotatable bonds is 4. The lowest BCUT2D eigenvalue weighted by atomic mass is 9.92. The monoisotopic (exact) mass is 425 g/mol. The summed E-state index contributed by atoms with van der Waals surface area (Å²) in [7, 11) is 0. The van der Waals surface area contributed by atoms with Gasteiger partial charge in [-0.15, -0.1) is 0 Å². The van der Waals surface area contributed by atoms with Crippen LogP contribution in [0.5, 0.6) is 0 Å². The molecule has 0 fully saturated rings. The van der Waals surface area contributed by atoms with E-state index in [1.807, 2.05) is 51.1 Å². The van der Waals surface area contributed by atoms with Crippen LogP contribution in [0.1, 0.15) is 32.4 Å². The largest absolute Gasteiger partial charge is 0.347 e. The first-order valence-corrected chi connectivity index (χ1v) is 10.7. The zero-order valence-corrected chi connectivity index (χ0v) is 17.9. The van der Waals surface area contributed by atoms with E-state index in [2.05, 4.69) is 20.4 Å². The quantitative estimate of drug-likeness (QED) is 0.641. The number of thioether (sulfide) groups is 1. The molecule has 0 spiro atoms. The van der Waals surface area contributed by atoms with Crippen LogP contribution in [-0.4, -0.2) is 31.4 Å². The van der Waals surface area contributed by atoms with Gasteiger partial charge in [-0.2, -0.15) is 4.98 Å². The van der Waals surface area contributed by atoms with Gasteiger partial charge < -0.3 is 9.84 Å². The third kappa shape index (κ3) is 4.30. The molecule has 9 heteroatoms. The summed E-state index contributed by atoms with van der Waals surface area (Å²) in [5.74, 6) is 0.887. The molecule has 30 heavy (non-hydrogen) atoms. The molecule has 1 aliphatic rings. The maximum atomic E-state index is 12.6. The molecule has 1 N–H and O–H groups in total. The Morgan fingerprint density at radius 2 is 2.03 bits per heavy atom. The standard InChI is InChI=1S/C21H23N5O3S/c1-21(2,3)15-9-17(27)26-11-14(12-30-20(26)23-15)19(28)22-10-16-24-18(25-29-16)13-7-5-4-6-8-13/h4-9,14H,10-12H2,1-3H3,(H,22,28)/t14-/m1/s1. The third-order valence-corrected chi connectivity index (χ3v) is 5.98. The summed E-state index contributed by atoms with van der Waals surface area (Å²) in [5, 5.41) is 7.45. The molecule has 1 amide bonds. The summed E-state index contributed by atoms with van der Waals surface area (Å²) in [6, 6.07) is 11.0. The van der Waals surface area contributed by atoms with Crippen LogP contribution in [0.4, 0.5) is 0 Å². The van der Waals surface area contributed by atoms with E-state index in [0.717, 1.165) is 11.3 Å². The van der Waals surface area contributed by atoms with Gasteiger partial charge in [0.1, 0.15) is 0 Å². The maximum Gasteiger partial charge on any atom is 0.254 e. The Labute approximate surface area is 178 Å². The Morgan fingerprint density at radius 3 is 2.77 bits per heavy atom. The minimum absolute atomic E-state index is 0.126. The number of fused-ring (bicyclic) bond motifs is 1. The molecule has 0 saturated carbocycles. The highest BCUT2D eigenvalue weighted by atomic mass is 32.2. The van der Waals surface area contributed by atoms with E-state index in [1.54, 1.807) is 10.6 Å². The van der Waals surface area contributed by atoms with Crippen LogP contribution in [0, 0.1) is 5.92 Å². The van der Waals surface area contributed by atoms with Gasteiger partial charge >= 0.3 is 0 Å². The first kappa shape index (κ1) is 20.3. The lowest BCUT2D eigenvalue weighted by Gasteiger charge is -2.26. The van der Waals surface area contributed by atoms with Crippen molar-refractivity contribution in [1.82, 2.24) is 25.0 Å². The van der Waals surface area contributed by atoms with Crippen molar-refractivity contribution in [3.05, 3.63) is 58.3 Å². The predicted octanol–water partition coefficient (Wildman–Crippen LogP) is 2.63. The summed E-state index contributed by atoms with van der Waals surface area (Å²) in [5.41, 5.74) is 1.28. The molecule has 2 aromatic heterocycles. The van der Waals surface area contributed by atoms with E-state index < -0.39 is 0 Å². The van der Waals surface area contributed by atoms with E-state index in [4.69, 9.17) is 4.52 Å². The zero-order valence-electron chi connectivity index (χ0n) is 17.1. The van der Waals surface area contributed by atoms with Gasteiger partial charge in [0.2, 0.25) is 17.6 Å². The van der Waals surface area contributed by atoms with E-state index in [9.17, 15) is 9.59 Å². The van der Waals surface area contributed by atoms with Gasteiger partial charge in [-0.05, 0) is 0 Å². The molecule has 0 radical (unpaired) electrons. The van der Waals surface area contributed by atoms with Crippen molar-refractivity contribution >= 4 is 17.7 Å². The second-order valence-corrected chi connectivity index (χ2v) is 9.21. The fraction of sp³-hybridized carbons (Fsp3) is 0.381. The van der Waals surface area contributed by atoms with Crippen molar-refractivity contribution < 1.29 is 9.32 Å². The second kappa shape index (κ2) is 8.06. The lowest BCUT2D eigenvalue weighted by Crippen LogP contribution is -2.40. The number of carbonyl (C=O) groups excluding carboxylic acids is 1. The average molecular weight is 426 g/mol. The Morgan fingerprint density at radius 1 is 1.27 bits per heavy atom. The van der Waals surface area contributed by atoms with E-state index in [0.29, 0.717) is 29.2 Å². The Kier molecular flexibility index (Phi) is 5.46. The summed E-state index contributed by atoms with van der Waals surface area (Å²) in [4.78, 5) is 34.1. The van der Waals surface area contributed by atoms with E-state index in [1.165, 1.54) is 11.8 Å². The van der Waals surface area contributed by atoms with Gasteiger partial charge in [0, 0.05) is 29.3 Å². The summed E-state index contributed by atoms with van der Waals surface area (Å²) in [6.45, 7) is 6.52. The molecular formula is C21H23N5O3S. The minimum Gasteiger partial charge on any atom is -0.347 e. The molecule has 156 valence electrons. The van der Waals surface area contributed by atoms with Gasteiger partial charge in [-0.3, -0.25) is 14.2 Å². The normalized spacial score (nSPS) is 16.2. The second-order valence-electron chi connectivity index (χ2n) is 8.23. The van der Waals surface area contributed by atoms with Crippen molar-refractivity contribution in [1.29, 1.82) is 0 Å². The molecule has 0 unspecified atom stereocenters. The van der Waals surface area contributed by atoms with Crippen molar-refractivity contribution in [3.63, 3.8) is 0 Å². The molecule has 0 bridgehead atoms. The van der Waals surface area contributed by atoms with Crippen LogP contribution in [-0.2, 0) is 23.3 Å². The van der Waals surface area contributed by atoms with Gasteiger partial charge in [-0.1, -0.05) is 68.0 Å². The van der Waals surface area contributed by atoms with Crippen LogP contribution in [0.2, 0.25) is 0 Å². The highest BCUT2D eigenvalue weighted by Crippen LogP contribution is 2.28. The topological polar surface area (TPSA) is 103 Å². The molecule has 0 aliphatic carbocycles.